The molecule has 0 saturated heterocycles. The molecule has 5 nitrogen and oxygen atoms in total. The predicted molar refractivity (Wildman–Crippen MR) is 109 cm³/mol. The molecule has 0 heterocycles. The molecule has 26 heavy (non-hydrogen) atoms. The molecule has 0 N–H and O–H groups in total. The lowest BCUT2D eigenvalue weighted by atomic mass is 10.0. The summed E-state index contributed by atoms with van der Waals surface area (Å²) in [5.41, 5.74) is 3.29. The Morgan fingerprint density at radius 3 is 1.85 bits per heavy atom. The first-order chi connectivity index (χ1) is 12.3. The van der Waals surface area contributed by atoms with Crippen molar-refractivity contribution in [2.75, 3.05) is 26.0 Å². The molecule has 1 atom stereocenters. The second-order valence-electron chi connectivity index (χ2n) is 6.36. The lowest BCUT2D eigenvalue weighted by Gasteiger charge is -2.28. The van der Waals surface area contributed by atoms with Crippen LogP contribution in [0.2, 0.25) is 6.04 Å². The van der Waals surface area contributed by atoms with Crippen LogP contribution < -0.4 is 0 Å². The van der Waals surface area contributed by atoms with Crippen LogP contribution in [-0.4, -0.2) is 40.3 Å². The van der Waals surface area contributed by atoms with E-state index >= 15 is 0 Å². The molecule has 1 rings (SSSR count). The van der Waals surface area contributed by atoms with Gasteiger partial charge in [0.25, 0.3) is 0 Å². The van der Waals surface area contributed by atoms with E-state index in [4.69, 9.17) is 13.3 Å². The molecular weight excluding hydrogens is 367 g/mol. The molecule has 0 aliphatic heterocycles. The fourth-order valence-electron chi connectivity index (χ4n) is 3.26. The van der Waals surface area contributed by atoms with E-state index in [1.165, 1.54) is 0 Å². The zero-order valence-corrected chi connectivity index (χ0v) is 18.9. The summed E-state index contributed by atoms with van der Waals surface area (Å²) < 4.78 is 30.0. The van der Waals surface area contributed by atoms with Gasteiger partial charge in [-0.05, 0) is 59.1 Å². The lowest BCUT2D eigenvalue weighted by Crippen LogP contribution is -2.46. The highest BCUT2D eigenvalue weighted by Crippen LogP contribution is 2.33. The zero-order valence-electron chi connectivity index (χ0n) is 16.9. The smallest absolute Gasteiger partial charge is 0.374 e. The van der Waals surface area contributed by atoms with Crippen molar-refractivity contribution in [3.05, 3.63) is 34.4 Å². The Kier molecular flexibility index (Phi) is 9.97. The summed E-state index contributed by atoms with van der Waals surface area (Å²) in [5, 5.41) is 0. The van der Waals surface area contributed by atoms with E-state index < -0.39 is 16.6 Å². The van der Waals surface area contributed by atoms with Crippen LogP contribution in [0.4, 0.5) is 0 Å². The molecular formula is C19H33O5PSi. The fraction of sp³-hybridized carbons (Fsp3) is 0.632. The quantitative estimate of drug-likeness (QED) is 0.374. The third kappa shape index (κ3) is 6.43. The van der Waals surface area contributed by atoms with Crippen LogP contribution in [0.25, 0.3) is 0 Å². The van der Waals surface area contributed by atoms with Crippen LogP contribution in [0, 0.1) is 20.8 Å². The number of hydrogen-bond acceptors (Lipinski definition) is 5. The van der Waals surface area contributed by atoms with Crippen LogP contribution in [0.15, 0.2) is 12.1 Å². The molecule has 148 valence electrons. The molecule has 0 fully saturated rings. The van der Waals surface area contributed by atoms with E-state index in [1.807, 2.05) is 53.7 Å². The van der Waals surface area contributed by atoms with Gasteiger partial charge in [0.05, 0.1) is 0 Å². The Morgan fingerprint density at radius 2 is 1.42 bits per heavy atom. The van der Waals surface area contributed by atoms with Crippen molar-refractivity contribution < 1.29 is 22.6 Å². The largest absolute Gasteiger partial charge is 0.500 e. The zero-order chi connectivity index (χ0) is 19.7. The average molecular weight is 401 g/mol. The van der Waals surface area contributed by atoms with E-state index in [2.05, 4.69) is 0 Å². The topological polar surface area (TPSA) is 61.8 Å². The molecule has 0 amide bonds. The standard InChI is InChI=1S/C19H33O5PSi/c1-7-22-26(23-8-2,24-9-3)12-10-11-25(21)19(20)18-16(5)13-15(4)14-17(18)6/h13-14,25H,7-12H2,1-6H3. The van der Waals surface area contributed by atoms with Gasteiger partial charge in [-0.25, -0.2) is 0 Å². The summed E-state index contributed by atoms with van der Waals surface area (Å²) >= 11 is 0. The number of rotatable bonds is 12. The SMILES string of the molecule is CCO[Si](CCC[PH](=O)C(=O)c1c(C)cc(C)cc1C)(OCC)OCC. The summed E-state index contributed by atoms with van der Waals surface area (Å²) in [6.45, 7) is 13.1. The van der Waals surface area contributed by atoms with Gasteiger partial charge >= 0.3 is 8.80 Å². The van der Waals surface area contributed by atoms with Crippen molar-refractivity contribution in [2.24, 2.45) is 0 Å². The van der Waals surface area contributed by atoms with Gasteiger partial charge in [-0.2, -0.15) is 0 Å². The van der Waals surface area contributed by atoms with Crippen molar-refractivity contribution in [1.82, 2.24) is 0 Å². The first-order valence-electron chi connectivity index (χ1n) is 9.37. The molecule has 0 bridgehead atoms. The van der Waals surface area contributed by atoms with Crippen LogP contribution >= 0.6 is 7.80 Å². The van der Waals surface area contributed by atoms with Crippen LogP contribution in [-0.2, 0) is 17.8 Å². The summed E-state index contributed by atoms with van der Waals surface area (Å²) in [6.07, 6.45) is 0.956. The van der Waals surface area contributed by atoms with E-state index in [9.17, 15) is 9.36 Å². The van der Waals surface area contributed by atoms with Gasteiger partial charge in [0, 0.05) is 37.6 Å². The maximum absolute atomic E-state index is 12.7. The summed E-state index contributed by atoms with van der Waals surface area (Å²) in [6, 6.07) is 4.51. The minimum Gasteiger partial charge on any atom is -0.374 e. The molecule has 1 unspecified atom stereocenters. The Morgan fingerprint density at radius 1 is 0.962 bits per heavy atom. The summed E-state index contributed by atoms with van der Waals surface area (Å²) in [4.78, 5) is 12.7. The van der Waals surface area contributed by atoms with Crippen LogP contribution in [0.1, 0.15) is 54.2 Å². The fourth-order valence-corrected chi connectivity index (χ4v) is 7.62. The van der Waals surface area contributed by atoms with E-state index in [0.29, 0.717) is 44.0 Å². The Balaban J connectivity index is 2.77. The minimum atomic E-state index is -2.74. The van der Waals surface area contributed by atoms with Gasteiger partial charge in [-0.15, -0.1) is 0 Å². The average Bonchev–Trinajstić information content (AvgIpc) is 2.54. The molecule has 0 spiro atoms. The maximum Gasteiger partial charge on any atom is 0.500 e. The van der Waals surface area contributed by atoms with Crippen molar-refractivity contribution in [3.8, 4) is 0 Å². The first-order valence-corrected chi connectivity index (χ1v) is 12.9. The van der Waals surface area contributed by atoms with Crippen molar-refractivity contribution in [3.63, 3.8) is 0 Å². The third-order valence-electron chi connectivity index (χ3n) is 4.14. The van der Waals surface area contributed by atoms with Gasteiger partial charge in [-0.1, -0.05) is 17.7 Å². The molecule has 0 radical (unpaired) electrons. The monoisotopic (exact) mass is 400 g/mol. The molecule has 1 aromatic carbocycles. The molecule has 1 aromatic rings. The van der Waals surface area contributed by atoms with E-state index in [0.717, 1.165) is 16.7 Å². The molecule has 0 aromatic heterocycles. The Hall–Kier alpha value is -0.783. The van der Waals surface area contributed by atoms with Crippen molar-refractivity contribution in [2.45, 2.75) is 54.0 Å². The van der Waals surface area contributed by atoms with Gasteiger partial charge in [0.1, 0.15) is 7.80 Å². The number of carbonyl (C=O) groups is 1. The Bertz CT molecular complexity index is 592. The van der Waals surface area contributed by atoms with Crippen molar-refractivity contribution >= 4 is 22.1 Å². The normalized spacial score (nSPS) is 13.0. The highest BCUT2D eigenvalue weighted by molar-refractivity contribution is 7.64. The molecule has 0 aliphatic carbocycles. The molecule has 0 saturated carbocycles. The van der Waals surface area contributed by atoms with Crippen LogP contribution in [0.5, 0.6) is 0 Å². The predicted octanol–water partition coefficient (Wildman–Crippen LogP) is 4.75. The van der Waals surface area contributed by atoms with E-state index in [1.54, 1.807) is 0 Å². The van der Waals surface area contributed by atoms with Gasteiger partial charge < -0.3 is 17.8 Å². The number of benzene rings is 1. The lowest BCUT2D eigenvalue weighted by molar-refractivity contribution is 0.0712. The highest BCUT2D eigenvalue weighted by atomic mass is 31.1. The van der Waals surface area contributed by atoms with E-state index in [-0.39, 0.29) is 5.52 Å². The van der Waals surface area contributed by atoms with Gasteiger partial charge in [0.2, 0.25) is 5.52 Å². The minimum absolute atomic E-state index is 0.221. The van der Waals surface area contributed by atoms with Gasteiger partial charge in [-0.3, -0.25) is 4.79 Å². The van der Waals surface area contributed by atoms with Crippen LogP contribution in [0.3, 0.4) is 0 Å². The second kappa shape index (κ2) is 11.1. The number of carbonyl (C=O) groups excluding carboxylic acids is 1. The number of aryl methyl sites for hydroxylation is 3. The number of hydrogen-bond donors (Lipinski definition) is 0. The maximum atomic E-state index is 12.7. The van der Waals surface area contributed by atoms with Gasteiger partial charge in [0.15, 0.2) is 0 Å². The summed E-state index contributed by atoms with van der Waals surface area (Å²) in [7, 11) is -5.12. The third-order valence-corrected chi connectivity index (χ3v) is 8.85. The second-order valence-corrected chi connectivity index (χ2v) is 10.9. The molecule has 7 heteroatoms. The molecule has 0 aliphatic rings. The Labute approximate surface area is 159 Å². The summed E-state index contributed by atoms with van der Waals surface area (Å²) in [5.74, 6) is 0. The highest BCUT2D eigenvalue weighted by Gasteiger charge is 2.39. The first kappa shape index (κ1) is 23.3. The van der Waals surface area contributed by atoms with Crippen molar-refractivity contribution in [1.29, 1.82) is 0 Å².